The third kappa shape index (κ3) is 4.74. The lowest BCUT2D eigenvalue weighted by Crippen LogP contribution is -2.55. The molecule has 6 nitrogen and oxygen atoms in total. The zero-order valence-corrected chi connectivity index (χ0v) is 16.3. The van der Waals surface area contributed by atoms with Gasteiger partial charge in [-0.3, -0.25) is 0 Å². The van der Waals surface area contributed by atoms with Gasteiger partial charge in [0.1, 0.15) is 23.2 Å². The number of benzene rings is 2. The zero-order chi connectivity index (χ0) is 21.0. The van der Waals surface area contributed by atoms with Crippen LogP contribution in [0.25, 0.3) is 0 Å². The van der Waals surface area contributed by atoms with Crippen molar-refractivity contribution in [2.45, 2.75) is 31.3 Å². The maximum atomic E-state index is 11.6. The van der Waals surface area contributed by atoms with Gasteiger partial charge in [-0.25, -0.2) is 4.79 Å². The molecule has 1 unspecified atom stereocenters. The molecule has 1 aliphatic rings. The van der Waals surface area contributed by atoms with E-state index in [2.05, 4.69) is 6.58 Å². The van der Waals surface area contributed by atoms with Crippen molar-refractivity contribution in [3.05, 3.63) is 71.4 Å². The number of aromatic hydroxyl groups is 1. The molecule has 2 radical (unpaired) electrons. The van der Waals surface area contributed by atoms with Crippen LogP contribution in [0, 0.1) is 0 Å². The molecule has 2 aromatic rings. The van der Waals surface area contributed by atoms with Gasteiger partial charge in [0.2, 0.25) is 0 Å². The van der Waals surface area contributed by atoms with Crippen LogP contribution in [-0.2, 0) is 12.8 Å². The number of hydrogen-bond acceptors (Lipinski definition) is 5. The fourth-order valence-corrected chi connectivity index (χ4v) is 3.43. The number of carbonyl (C=O) groups is 1. The molecule has 3 rings (SSSR count). The highest BCUT2D eigenvalue weighted by molar-refractivity contribution is 6.08. The van der Waals surface area contributed by atoms with Crippen molar-refractivity contribution >= 4 is 13.8 Å². The van der Waals surface area contributed by atoms with Gasteiger partial charge in [-0.2, -0.15) is 0 Å². The second-order valence-corrected chi connectivity index (χ2v) is 7.22. The van der Waals surface area contributed by atoms with E-state index in [0.29, 0.717) is 37.8 Å². The largest absolute Gasteiger partial charge is 0.507 e. The molecule has 0 aromatic heterocycles. The highest BCUT2D eigenvalue weighted by atomic mass is 16.5. The van der Waals surface area contributed by atoms with Crippen LogP contribution in [0.1, 0.15) is 21.5 Å². The van der Waals surface area contributed by atoms with E-state index in [1.165, 1.54) is 0 Å². The summed E-state index contributed by atoms with van der Waals surface area (Å²) in [5.74, 6) is -1.37. The first kappa shape index (κ1) is 20.8. The molecule has 1 fully saturated rings. The maximum Gasteiger partial charge on any atom is 0.343 e. The van der Waals surface area contributed by atoms with Crippen LogP contribution in [-0.4, -0.2) is 54.2 Å². The van der Waals surface area contributed by atoms with Crippen molar-refractivity contribution in [1.29, 1.82) is 0 Å². The number of carboxylic acids is 1. The molecule has 150 valence electrons. The van der Waals surface area contributed by atoms with Crippen LogP contribution in [0.3, 0.4) is 0 Å². The second kappa shape index (κ2) is 9.05. The lowest BCUT2D eigenvalue weighted by molar-refractivity contribution is 0.0381. The Kier molecular flexibility index (Phi) is 6.49. The number of rotatable bonds is 9. The van der Waals surface area contributed by atoms with Crippen LogP contribution in [0.5, 0.6) is 11.5 Å². The summed E-state index contributed by atoms with van der Waals surface area (Å²) in [7, 11) is 5.51. The van der Waals surface area contributed by atoms with Crippen molar-refractivity contribution in [3.63, 3.8) is 0 Å². The van der Waals surface area contributed by atoms with Gasteiger partial charge in [0.25, 0.3) is 0 Å². The van der Waals surface area contributed by atoms with Gasteiger partial charge in [-0.05, 0) is 30.0 Å². The number of aromatic carboxylic acids is 1. The van der Waals surface area contributed by atoms with E-state index >= 15 is 0 Å². The van der Waals surface area contributed by atoms with E-state index in [-0.39, 0.29) is 29.2 Å². The SMILES string of the molecule is [B]CCc1ccc(OC2CN(C(=C)C(N)Cc3ccccc3)C2)c(C(=O)O)c1O. The molecule has 1 atom stereocenters. The molecule has 0 bridgehead atoms. The molecule has 0 spiro atoms. The van der Waals surface area contributed by atoms with Crippen molar-refractivity contribution in [2.24, 2.45) is 5.73 Å². The predicted molar refractivity (Wildman–Crippen MR) is 113 cm³/mol. The average Bonchev–Trinajstić information content (AvgIpc) is 2.66. The summed E-state index contributed by atoms with van der Waals surface area (Å²) >= 11 is 0. The van der Waals surface area contributed by atoms with Crippen LogP contribution in [0.4, 0.5) is 0 Å². The Morgan fingerprint density at radius 3 is 2.59 bits per heavy atom. The summed E-state index contributed by atoms with van der Waals surface area (Å²) in [6.07, 6.45) is 1.20. The molecule has 1 heterocycles. The highest BCUT2D eigenvalue weighted by Crippen LogP contribution is 2.34. The molecule has 1 aliphatic heterocycles. The van der Waals surface area contributed by atoms with Gasteiger partial charge in [-0.15, -0.1) is 0 Å². The Bertz CT molecular complexity index is 882. The molecule has 4 N–H and O–H groups in total. The summed E-state index contributed by atoms with van der Waals surface area (Å²) in [6, 6.07) is 13.0. The molecule has 29 heavy (non-hydrogen) atoms. The van der Waals surface area contributed by atoms with Gasteiger partial charge in [0, 0.05) is 11.7 Å². The van der Waals surface area contributed by atoms with Gasteiger partial charge >= 0.3 is 5.97 Å². The van der Waals surface area contributed by atoms with Crippen LogP contribution in [0.2, 0.25) is 6.32 Å². The number of hydrogen-bond donors (Lipinski definition) is 3. The Hall–Kier alpha value is -2.93. The Balaban J connectivity index is 1.59. The summed E-state index contributed by atoms with van der Waals surface area (Å²) < 4.78 is 5.84. The number of likely N-dealkylation sites (tertiary alicyclic amines) is 1. The summed E-state index contributed by atoms with van der Waals surface area (Å²) in [5, 5.41) is 19.8. The van der Waals surface area contributed by atoms with Gasteiger partial charge < -0.3 is 25.6 Å². The van der Waals surface area contributed by atoms with Gasteiger partial charge in [0.05, 0.1) is 20.9 Å². The number of carboxylic acid groups (broad SMARTS) is 1. The number of aryl methyl sites for hydroxylation is 1. The normalized spacial score (nSPS) is 14.9. The maximum absolute atomic E-state index is 11.6. The van der Waals surface area contributed by atoms with E-state index in [9.17, 15) is 15.0 Å². The number of phenols is 1. The van der Waals surface area contributed by atoms with Crippen molar-refractivity contribution < 1.29 is 19.7 Å². The average molecular weight is 392 g/mol. The Labute approximate surface area is 172 Å². The van der Waals surface area contributed by atoms with E-state index < -0.39 is 5.97 Å². The van der Waals surface area contributed by atoms with E-state index in [4.69, 9.17) is 18.3 Å². The fraction of sp³-hybridized carbons (Fsp3) is 0.318. The standard InChI is InChI=1S/C22H25BN2O4/c1-14(18(24)11-15-5-3-2-4-6-15)25-12-17(13-25)29-19-8-7-16(9-10-23)21(26)20(19)22(27)28/h2-8,17-18,26H,1,9-13,24H2,(H,27,28). The first-order valence-corrected chi connectivity index (χ1v) is 9.58. The lowest BCUT2D eigenvalue weighted by atomic mass is 9.95. The lowest BCUT2D eigenvalue weighted by Gasteiger charge is -2.43. The van der Waals surface area contributed by atoms with Gasteiger partial charge in [-0.1, -0.05) is 49.3 Å². The third-order valence-electron chi connectivity index (χ3n) is 5.13. The van der Waals surface area contributed by atoms with E-state index in [1.54, 1.807) is 12.1 Å². The van der Waals surface area contributed by atoms with E-state index in [0.717, 1.165) is 11.3 Å². The molecule has 2 aromatic carbocycles. The summed E-state index contributed by atoms with van der Waals surface area (Å²) in [6.45, 7) is 5.23. The number of nitrogens with zero attached hydrogens (tertiary/aromatic N) is 1. The van der Waals surface area contributed by atoms with Gasteiger partial charge in [0.15, 0.2) is 0 Å². The molecule has 0 saturated carbocycles. The number of nitrogens with two attached hydrogens (primary N) is 1. The first-order valence-electron chi connectivity index (χ1n) is 9.58. The zero-order valence-electron chi connectivity index (χ0n) is 16.3. The smallest absolute Gasteiger partial charge is 0.343 e. The third-order valence-corrected chi connectivity index (χ3v) is 5.13. The van der Waals surface area contributed by atoms with Crippen molar-refractivity contribution in [3.8, 4) is 11.5 Å². The highest BCUT2D eigenvalue weighted by Gasteiger charge is 2.33. The number of ether oxygens (including phenoxy) is 1. The molecule has 1 saturated heterocycles. The van der Waals surface area contributed by atoms with Crippen LogP contribution >= 0.6 is 0 Å². The fourth-order valence-electron chi connectivity index (χ4n) is 3.43. The second-order valence-electron chi connectivity index (χ2n) is 7.22. The van der Waals surface area contributed by atoms with Crippen molar-refractivity contribution in [1.82, 2.24) is 4.90 Å². The molecule has 0 aliphatic carbocycles. The quantitative estimate of drug-likeness (QED) is 0.567. The minimum Gasteiger partial charge on any atom is -0.507 e. The topological polar surface area (TPSA) is 96.0 Å². The Morgan fingerprint density at radius 1 is 1.28 bits per heavy atom. The predicted octanol–water partition coefficient (Wildman–Crippen LogP) is 2.37. The first-order chi connectivity index (χ1) is 13.9. The Morgan fingerprint density at radius 2 is 1.97 bits per heavy atom. The van der Waals surface area contributed by atoms with Crippen LogP contribution < -0.4 is 10.5 Å². The van der Waals surface area contributed by atoms with Crippen LogP contribution in [0.15, 0.2) is 54.7 Å². The molecule has 7 heteroatoms. The molecule has 0 amide bonds. The minimum absolute atomic E-state index is 0.152. The summed E-state index contributed by atoms with van der Waals surface area (Å²) in [4.78, 5) is 13.6. The summed E-state index contributed by atoms with van der Waals surface area (Å²) in [5.41, 5.74) is 8.52. The monoisotopic (exact) mass is 392 g/mol. The molecular formula is C22H25BN2O4. The van der Waals surface area contributed by atoms with E-state index in [1.807, 2.05) is 35.2 Å². The van der Waals surface area contributed by atoms with Crippen molar-refractivity contribution in [2.75, 3.05) is 13.1 Å². The molecular weight excluding hydrogens is 367 g/mol. The minimum atomic E-state index is -1.23.